The third-order valence-electron chi connectivity index (χ3n) is 4.09. The average molecular weight is 443 g/mol. The van der Waals surface area contributed by atoms with Crippen LogP contribution in [0, 0.1) is 0 Å². The number of nitrogens with zero attached hydrogens (tertiary/aromatic N) is 4. The van der Waals surface area contributed by atoms with Gasteiger partial charge in [-0.05, 0) is 36.4 Å². The molecule has 150 valence electrons. The number of para-hydroxylation sites is 3. The van der Waals surface area contributed by atoms with Crippen molar-refractivity contribution < 1.29 is 18.1 Å². The molecule has 0 saturated heterocycles. The molecule has 3 aromatic carbocycles. The summed E-state index contributed by atoms with van der Waals surface area (Å²) in [6, 6.07) is 16.5. The van der Waals surface area contributed by atoms with E-state index in [1.54, 1.807) is 60.7 Å². The number of benzene rings is 3. The fourth-order valence-corrected chi connectivity index (χ4v) is 4.28. The highest BCUT2D eigenvalue weighted by Gasteiger charge is 2.36. The van der Waals surface area contributed by atoms with E-state index in [0.717, 1.165) is 0 Å². The summed E-state index contributed by atoms with van der Waals surface area (Å²) in [5, 5.41) is 21.3. The molecule has 0 unspecified atom stereocenters. The molecule has 0 aliphatic rings. The standard InChI is InChI=1S/C18H12ClN6O4P/c19-11-5-1-2-8-14(11)27-30(26,28-15-9-3-6-12-17(15)22-24-20-12)29-16-10-4-7-13-18(16)23-25-21-13/h1-10H,(H,20,22,24)(H,21,23,25). The number of rotatable bonds is 6. The first-order chi connectivity index (χ1) is 14.6. The zero-order valence-electron chi connectivity index (χ0n) is 15.0. The molecule has 0 atom stereocenters. The molecule has 0 fully saturated rings. The molecule has 0 spiro atoms. The van der Waals surface area contributed by atoms with Gasteiger partial charge in [0, 0.05) is 0 Å². The van der Waals surface area contributed by atoms with Crippen molar-refractivity contribution in [2.24, 2.45) is 0 Å². The first-order valence-electron chi connectivity index (χ1n) is 8.64. The lowest BCUT2D eigenvalue weighted by Gasteiger charge is -2.20. The lowest BCUT2D eigenvalue weighted by molar-refractivity contribution is 0.300. The average Bonchev–Trinajstić information content (AvgIpc) is 3.40. The van der Waals surface area contributed by atoms with Crippen LogP contribution in [0.15, 0.2) is 60.7 Å². The van der Waals surface area contributed by atoms with Crippen LogP contribution in [0.25, 0.3) is 22.1 Å². The number of aromatic nitrogens is 6. The Bertz CT molecular complexity index is 1320. The Morgan fingerprint density at radius 1 is 0.667 bits per heavy atom. The quantitative estimate of drug-likeness (QED) is 0.367. The first-order valence-corrected chi connectivity index (χ1v) is 10.5. The molecular weight excluding hydrogens is 431 g/mol. The zero-order valence-corrected chi connectivity index (χ0v) is 16.7. The molecule has 10 nitrogen and oxygen atoms in total. The van der Waals surface area contributed by atoms with Crippen LogP contribution in [-0.4, -0.2) is 30.8 Å². The van der Waals surface area contributed by atoms with E-state index in [1.807, 2.05) is 0 Å². The minimum Gasteiger partial charge on any atom is -0.384 e. The number of halogens is 1. The number of fused-ring (bicyclic) bond motifs is 2. The SMILES string of the molecule is O=P(Oc1ccccc1Cl)(Oc1cccc2n[nH]nc12)Oc1cccc2n[nH]nc12. The van der Waals surface area contributed by atoms with Crippen molar-refractivity contribution in [3.05, 3.63) is 65.7 Å². The Labute approximate surface area is 173 Å². The van der Waals surface area contributed by atoms with Gasteiger partial charge < -0.3 is 13.6 Å². The molecule has 5 aromatic rings. The number of hydrogen-bond donors (Lipinski definition) is 2. The molecule has 12 heteroatoms. The molecule has 0 aliphatic heterocycles. The molecular formula is C18H12ClN6O4P. The van der Waals surface area contributed by atoms with Gasteiger partial charge in [-0.15, -0.1) is 0 Å². The molecule has 2 heterocycles. The second kappa shape index (κ2) is 7.33. The highest BCUT2D eigenvalue weighted by molar-refractivity contribution is 7.49. The Morgan fingerprint density at radius 2 is 1.17 bits per heavy atom. The predicted molar refractivity (Wildman–Crippen MR) is 109 cm³/mol. The van der Waals surface area contributed by atoms with E-state index in [9.17, 15) is 4.57 Å². The number of H-pyrrole nitrogens is 2. The van der Waals surface area contributed by atoms with Crippen LogP contribution in [0.4, 0.5) is 0 Å². The molecule has 2 N–H and O–H groups in total. The van der Waals surface area contributed by atoms with Crippen LogP contribution < -0.4 is 13.6 Å². The zero-order chi connectivity index (χ0) is 20.6. The predicted octanol–water partition coefficient (Wildman–Crippen LogP) is 4.53. The van der Waals surface area contributed by atoms with Gasteiger partial charge in [-0.25, -0.2) is 0 Å². The maximum atomic E-state index is 13.8. The minimum atomic E-state index is -4.32. The van der Waals surface area contributed by atoms with Gasteiger partial charge in [0.2, 0.25) is 0 Å². The number of aromatic amines is 2. The second-order valence-corrected chi connectivity index (χ2v) is 7.90. The van der Waals surface area contributed by atoms with E-state index in [-0.39, 0.29) is 22.3 Å². The van der Waals surface area contributed by atoms with Gasteiger partial charge >= 0.3 is 7.82 Å². The summed E-state index contributed by atoms with van der Waals surface area (Å²) >= 11 is 6.18. The largest absolute Gasteiger partial charge is 0.647 e. The van der Waals surface area contributed by atoms with Crippen molar-refractivity contribution in [1.82, 2.24) is 30.8 Å². The summed E-state index contributed by atoms with van der Waals surface area (Å²) in [5.74, 6) is 0.440. The van der Waals surface area contributed by atoms with Crippen molar-refractivity contribution in [3.63, 3.8) is 0 Å². The summed E-state index contributed by atoms with van der Waals surface area (Å²) in [4.78, 5) is 0. The normalized spacial score (nSPS) is 11.6. The van der Waals surface area contributed by atoms with Crippen LogP contribution in [0.3, 0.4) is 0 Å². The first kappa shape index (κ1) is 18.4. The Balaban J connectivity index is 1.58. The minimum absolute atomic E-state index is 0.127. The number of phosphoric ester groups is 1. The van der Waals surface area contributed by atoms with Gasteiger partial charge in [-0.2, -0.15) is 35.4 Å². The third kappa shape index (κ3) is 3.42. The highest BCUT2D eigenvalue weighted by Crippen LogP contribution is 2.52. The van der Waals surface area contributed by atoms with Crippen molar-refractivity contribution in [1.29, 1.82) is 0 Å². The maximum Gasteiger partial charge on any atom is 0.647 e. The lowest BCUT2D eigenvalue weighted by atomic mass is 10.3. The van der Waals surface area contributed by atoms with E-state index in [1.165, 1.54) is 0 Å². The third-order valence-corrected chi connectivity index (χ3v) is 5.66. The number of phosphoric acid groups is 1. The summed E-state index contributed by atoms with van der Waals surface area (Å²) in [5.41, 5.74) is 1.78. The Hall–Kier alpha value is -3.62. The Kier molecular flexibility index (Phi) is 4.50. The van der Waals surface area contributed by atoms with Crippen molar-refractivity contribution >= 4 is 41.5 Å². The maximum absolute atomic E-state index is 13.8. The van der Waals surface area contributed by atoms with E-state index >= 15 is 0 Å². The summed E-state index contributed by atoms with van der Waals surface area (Å²) < 4.78 is 30.9. The van der Waals surface area contributed by atoms with Crippen LogP contribution in [0.2, 0.25) is 5.02 Å². The molecule has 5 rings (SSSR count). The van der Waals surface area contributed by atoms with Crippen molar-refractivity contribution in [2.45, 2.75) is 0 Å². The monoisotopic (exact) mass is 442 g/mol. The second-order valence-electron chi connectivity index (χ2n) is 6.05. The summed E-state index contributed by atoms with van der Waals surface area (Å²) in [7, 11) is -4.32. The molecule has 30 heavy (non-hydrogen) atoms. The van der Waals surface area contributed by atoms with Crippen LogP contribution in [0.5, 0.6) is 17.2 Å². The van der Waals surface area contributed by atoms with Gasteiger partial charge in [0.1, 0.15) is 11.0 Å². The fraction of sp³-hybridized carbons (Fsp3) is 0. The van der Waals surface area contributed by atoms with Gasteiger partial charge in [0.15, 0.2) is 28.3 Å². The summed E-state index contributed by atoms with van der Waals surface area (Å²) in [6.07, 6.45) is 0. The molecule has 0 radical (unpaired) electrons. The number of hydrogen-bond acceptors (Lipinski definition) is 8. The van der Waals surface area contributed by atoms with E-state index < -0.39 is 7.82 Å². The van der Waals surface area contributed by atoms with Gasteiger partial charge in [0.25, 0.3) is 0 Å². The highest BCUT2D eigenvalue weighted by atomic mass is 35.5. The Morgan fingerprint density at radius 3 is 1.73 bits per heavy atom. The molecule has 0 saturated carbocycles. The topological polar surface area (TPSA) is 128 Å². The van der Waals surface area contributed by atoms with E-state index in [4.69, 9.17) is 25.2 Å². The van der Waals surface area contributed by atoms with Crippen molar-refractivity contribution in [3.8, 4) is 17.2 Å². The van der Waals surface area contributed by atoms with Gasteiger partial charge in [-0.1, -0.05) is 35.9 Å². The van der Waals surface area contributed by atoms with Crippen molar-refractivity contribution in [2.75, 3.05) is 0 Å². The molecule has 0 aliphatic carbocycles. The number of nitrogens with one attached hydrogen (secondary N) is 2. The molecule has 0 amide bonds. The van der Waals surface area contributed by atoms with Crippen LogP contribution in [-0.2, 0) is 4.57 Å². The lowest BCUT2D eigenvalue weighted by Crippen LogP contribution is -2.08. The van der Waals surface area contributed by atoms with E-state index in [2.05, 4.69) is 30.8 Å². The van der Waals surface area contributed by atoms with E-state index in [0.29, 0.717) is 22.1 Å². The smallest absolute Gasteiger partial charge is 0.384 e. The van der Waals surface area contributed by atoms with Gasteiger partial charge in [0.05, 0.1) is 5.02 Å². The summed E-state index contributed by atoms with van der Waals surface area (Å²) in [6.45, 7) is 0. The van der Waals surface area contributed by atoms with Crippen LogP contribution in [0.1, 0.15) is 0 Å². The fourth-order valence-electron chi connectivity index (χ4n) is 2.77. The molecule has 2 aromatic heterocycles. The van der Waals surface area contributed by atoms with Gasteiger partial charge in [-0.3, -0.25) is 0 Å². The van der Waals surface area contributed by atoms with Crippen LogP contribution >= 0.6 is 19.4 Å². The molecule has 0 bridgehead atoms.